The normalized spacial score (nSPS) is 11.9. The number of anilines is 1. The molecule has 1 atom stereocenters. The maximum atomic E-state index is 11.8. The van der Waals surface area contributed by atoms with Gasteiger partial charge in [0.05, 0.1) is 12.0 Å². The Kier molecular flexibility index (Phi) is 6.06. The van der Waals surface area contributed by atoms with Gasteiger partial charge in [0.15, 0.2) is 0 Å². The lowest BCUT2D eigenvalue weighted by Crippen LogP contribution is -2.30. The molecule has 0 aliphatic heterocycles. The molecule has 0 amide bonds. The molecule has 1 rings (SSSR count). The van der Waals surface area contributed by atoms with Gasteiger partial charge < -0.3 is 15.2 Å². The van der Waals surface area contributed by atoms with E-state index in [9.17, 15) is 24.8 Å². The van der Waals surface area contributed by atoms with Crippen LogP contribution in [-0.4, -0.2) is 35.1 Å². The Bertz CT molecular complexity index is 627. The third-order valence-corrected chi connectivity index (χ3v) is 3.23. The van der Waals surface area contributed by atoms with Gasteiger partial charge in [0.2, 0.25) is 0 Å². The lowest BCUT2D eigenvalue weighted by atomic mass is 10.0. The minimum absolute atomic E-state index is 0.142. The largest absolute Gasteiger partial charge is 0.480 e. The Hall–Kier alpha value is -2.64. The summed E-state index contributed by atoms with van der Waals surface area (Å²) in [6.07, 6.45) is 0.374. The van der Waals surface area contributed by atoms with Gasteiger partial charge in [-0.25, -0.2) is 9.59 Å². The molecule has 8 heteroatoms. The highest BCUT2D eigenvalue weighted by Crippen LogP contribution is 2.29. The average molecular weight is 324 g/mol. The number of carbonyl (C=O) groups is 2. The van der Waals surface area contributed by atoms with E-state index < -0.39 is 22.9 Å². The van der Waals surface area contributed by atoms with Crippen LogP contribution in [0.3, 0.4) is 0 Å². The second-order valence-corrected chi connectivity index (χ2v) is 5.60. The number of hydrogen-bond donors (Lipinski definition) is 2. The number of esters is 1. The van der Waals surface area contributed by atoms with E-state index in [-0.39, 0.29) is 22.7 Å². The first-order chi connectivity index (χ1) is 10.7. The molecule has 0 saturated heterocycles. The van der Waals surface area contributed by atoms with Crippen LogP contribution in [0.4, 0.5) is 11.4 Å². The molecule has 0 aliphatic rings. The highest BCUT2D eigenvalue weighted by Gasteiger charge is 2.26. The predicted octanol–water partition coefficient (Wildman–Crippen LogP) is 2.60. The highest BCUT2D eigenvalue weighted by atomic mass is 16.6. The third-order valence-electron chi connectivity index (χ3n) is 3.23. The Balaban J connectivity index is 3.27. The molecular formula is C15H20N2O6. The summed E-state index contributed by atoms with van der Waals surface area (Å²) in [4.78, 5) is 33.6. The van der Waals surface area contributed by atoms with Crippen molar-refractivity contribution in [2.75, 3.05) is 12.4 Å². The second-order valence-electron chi connectivity index (χ2n) is 5.60. The van der Waals surface area contributed by atoms with E-state index in [4.69, 9.17) is 0 Å². The molecule has 0 fully saturated rings. The predicted molar refractivity (Wildman–Crippen MR) is 83.7 cm³/mol. The van der Waals surface area contributed by atoms with Crippen molar-refractivity contribution in [1.82, 2.24) is 0 Å². The van der Waals surface area contributed by atoms with Gasteiger partial charge in [-0.3, -0.25) is 10.1 Å². The number of methoxy groups -OCH3 is 1. The van der Waals surface area contributed by atoms with Crippen LogP contribution in [0, 0.1) is 23.0 Å². The topological polar surface area (TPSA) is 119 Å². The van der Waals surface area contributed by atoms with Gasteiger partial charge in [-0.2, -0.15) is 0 Å². The van der Waals surface area contributed by atoms with Gasteiger partial charge >= 0.3 is 11.9 Å². The van der Waals surface area contributed by atoms with Crippen molar-refractivity contribution in [3.05, 3.63) is 33.4 Å². The van der Waals surface area contributed by atoms with Crippen LogP contribution >= 0.6 is 0 Å². The number of ether oxygens (including phenoxy) is 1. The summed E-state index contributed by atoms with van der Waals surface area (Å²) >= 11 is 0. The number of rotatable bonds is 7. The molecule has 0 bridgehead atoms. The van der Waals surface area contributed by atoms with Gasteiger partial charge in [0.25, 0.3) is 5.69 Å². The molecule has 0 unspecified atom stereocenters. The number of hydrogen-bond acceptors (Lipinski definition) is 6. The van der Waals surface area contributed by atoms with Crippen molar-refractivity contribution in [2.45, 2.75) is 33.2 Å². The van der Waals surface area contributed by atoms with Gasteiger partial charge in [-0.05, 0) is 31.4 Å². The molecule has 23 heavy (non-hydrogen) atoms. The molecule has 126 valence electrons. The van der Waals surface area contributed by atoms with E-state index in [0.717, 1.165) is 7.11 Å². The molecule has 2 N–H and O–H groups in total. The fourth-order valence-corrected chi connectivity index (χ4v) is 2.26. The van der Waals surface area contributed by atoms with E-state index in [2.05, 4.69) is 10.1 Å². The maximum Gasteiger partial charge on any atom is 0.344 e. The molecule has 1 aromatic carbocycles. The number of nitrogens with zero attached hydrogens (tertiary/aromatic N) is 1. The lowest BCUT2D eigenvalue weighted by Gasteiger charge is -2.18. The van der Waals surface area contributed by atoms with Crippen LogP contribution in [-0.2, 0) is 9.53 Å². The van der Waals surface area contributed by atoms with E-state index in [1.165, 1.54) is 19.1 Å². The number of nitro groups is 1. The average Bonchev–Trinajstić information content (AvgIpc) is 2.43. The molecule has 0 saturated carbocycles. The number of benzene rings is 1. The van der Waals surface area contributed by atoms with Crippen molar-refractivity contribution >= 4 is 23.3 Å². The van der Waals surface area contributed by atoms with E-state index in [0.29, 0.717) is 12.1 Å². The SMILES string of the molecule is COC(=O)c1cc(N[C@H](CC(C)C)C(=O)O)cc(C)c1[N+](=O)[O-]. The van der Waals surface area contributed by atoms with Crippen molar-refractivity contribution < 1.29 is 24.4 Å². The summed E-state index contributed by atoms with van der Waals surface area (Å²) < 4.78 is 4.57. The van der Waals surface area contributed by atoms with Gasteiger partial charge in [0, 0.05) is 11.3 Å². The minimum atomic E-state index is -1.03. The molecule has 0 aliphatic carbocycles. The molecule has 8 nitrogen and oxygen atoms in total. The zero-order chi connectivity index (χ0) is 17.7. The standard InChI is InChI=1S/C15H20N2O6/c1-8(2)5-12(14(18)19)16-10-6-9(3)13(17(21)22)11(7-10)15(20)23-4/h6-8,12,16H,5H2,1-4H3,(H,18,19)/t12-/m1/s1. The number of nitrogens with one attached hydrogen (secondary N) is 1. The van der Waals surface area contributed by atoms with Crippen LogP contribution in [0.5, 0.6) is 0 Å². The number of carbonyl (C=O) groups excluding carboxylic acids is 1. The second kappa shape index (κ2) is 7.57. The zero-order valence-electron chi connectivity index (χ0n) is 13.5. The van der Waals surface area contributed by atoms with E-state index in [1.807, 2.05) is 13.8 Å². The van der Waals surface area contributed by atoms with Crippen molar-refractivity contribution in [3.63, 3.8) is 0 Å². The van der Waals surface area contributed by atoms with Crippen molar-refractivity contribution in [3.8, 4) is 0 Å². The lowest BCUT2D eigenvalue weighted by molar-refractivity contribution is -0.385. The Morgan fingerprint density at radius 1 is 1.39 bits per heavy atom. The van der Waals surface area contributed by atoms with Crippen LogP contribution in [0.2, 0.25) is 0 Å². The van der Waals surface area contributed by atoms with Crippen molar-refractivity contribution in [1.29, 1.82) is 0 Å². The Labute approximate surface area is 133 Å². The fourth-order valence-electron chi connectivity index (χ4n) is 2.26. The smallest absolute Gasteiger partial charge is 0.344 e. The molecule has 0 aromatic heterocycles. The van der Waals surface area contributed by atoms with Gasteiger partial charge in [-0.1, -0.05) is 13.8 Å². The maximum absolute atomic E-state index is 11.8. The number of nitro benzene ring substituents is 1. The quantitative estimate of drug-likeness (QED) is 0.449. The highest BCUT2D eigenvalue weighted by molar-refractivity contribution is 5.96. The Morgan fingerprint density at radius 2 is 2.00 bits per heavy atom. The summed E-state index contributed by atoms with van der Waals surface area (Å²) in [5.41, 5.74) is 0.00227. The first kappa shape index (κ1) is 18.4. The van der Waals surface area contributed by atoms with Crippen LogP contribution in [0.15, 0.2) is 12.1 Å². The number of carboxylic acid groups (broad SMARTS) is 1. The molecule has 0 radical (unpaired) electrons. The number of carboxylic acids is 1. The molecule has 1 aromatic rings. The summed E-state index contributed by atoms with van der Waals surface area (Å²) in [5, 5.41) is 23.2. The van der Waals surface area contributed by atoms with Gasteiger partial charge in [0.1, 0.15) is 11.6 Å². The minimum Gasteiger partial charge on any atom is -0.480 e. The zero-order valence-corrected chi connectivity index (χ0v) is 13.5. The van der Waals surface area contributed by atoms with Crippen LogP contribution in [0.1, 0.15) is 36.2 Å². The first-order valence-corrected chi connectivity index (χ1v) is 7.04. The molecule has 0 heterocycles. The number of aryl methyl sites for hydroxylation is 1. The third kappa shape index (κ3) is 4.67. The summed E-state index contributed by atoms with van der Waals surface area (Å²) in [7, 11) is 1.13. The van der Waals surface area contributed by atoms with Gasteiger partial charge in [-0.15, -0.1) is 0 Å². The summed E-state index contributed by atoms with van der Waals surface area (Å²) in [6, 6.07) is 1.83. The van der Waals surface area contributed by atoms with E-state index >= 15 is 0 Å². The summed E-state index contributed by atoms with van der Waals surface area (Å²) in [5.74, 6) is -1.74. The first-order valence-electron chi connectivity index (χ1n) is 7.04. The molecular weight excluding hydrogens is 304 g/mol. The summed E-state index contributed by atoms with van der Waals surface area (Å²) in [6.45, 7) is 5.26. The number of aliphatic carboxylic acids is 1. The Morgan fingerprint density at radius 3 is 2.43 bits per heavy atom. The molecule has 0 spiro atoms. The van der Waals surface area contributed by atoms with Crippen LogP contribution < -0.4 is 5.32 Å². The van der Waals surface area contributed by atoms with Crippen LogP contribution in [0.25, 0.3) is 0 Å². The van der Waals surface area contributed by atoms with E-state index in [1.54, 1.807) is 0 Å². The van der Waals surface area contributed by atoms with Crippen molar-refractivity contribution in [2.24, 2.45) is 5.92 Å². The fraction of sp³-hybridized carbons (Fsp3) is 0.467. The monoisotopic (exact) mass is 324 g/mol.